The molecule has 1 aliphatic carbocycles. The van der Waals surface area contributed by atoms with E-state index in [1.807, 2.05) is 29.2 Å². The Balaban J connectivity index is 1.47. The number of nitrogens with one attached hydrogen (secondary N) is 1. The van der Waals surface area contributed by atoms with Gasteiger partial charge in [0.1, 0.15) is 5.75 Å². The van der Waals surface area contributed by atoms with Gasteiger partial charge >= 0.3 is 0 Å². The number of benzene rings is 1. The van der Waals surface area contributed by atoms with Gasteiger partial charge in [-0.3, -0.25) is 9.59 Å². The third-order valence-corrected chi connectivity index (χ3v) is 5.95. The van der Waals surface area contributed by atoms with Gasteiger partial charge in [0.05, 0.1) is 13.0 Å². The Bertz CT molecular complexity index is 621. The molecule has 1 aliphatic heterocycles. The molecule has 1 atom stereocenters. The van der Waals surface area contributed by atoms with Crippen LogP contribution in [0.5, 0.6) is 5.75 Å². The molecule has 1 heterocycles. The first-order chi connectivity index (χ1) is 13.2. The average molecular weight is 373 g/mol. The summed E-state index contributed by atoms with van der Waals surface area (Å²) in [7, 11) is 1.66. The van der Waals surface area contributed by atoms with Gasteiger partial charge in [-0.15, -0.1) is 0 Å². The molecule has 1 aromatic rings. The van der Waals surface area contributed by atoms with Gasteiger partial charge in [0.2, 0.25) is 11.8 Å². The van der Waals surface area contributed by atoms with Gasteiger partial charge in [0.25, 0.3) is 0 Å². The third kappa shape index (κ3) is 5.47. The molecule has 0 aromatic heterocycles. The fourth-order valence-corrected chi connectivity index (χ4v) is 4.27. The number of amides is 2. The van der Waals surface area contributed by atoms with Gasteiger partial charge in [-0.25, -0.2) is 0 Å². The predicted molar refractivity (Wildman–Crippen MR) is 106 cm³/mol. The number of piperidine rings is 1. The summed E-state index contributed by atoms with van der Waals surface area (Å²) in [5.41, 5.74) is 1.18. The summed E-state index contributed by atoms with van der Waals surface area (Å²) >= 11 is 0. The average Bonchev–Trinajstić information content (AvgIpc) is 2.98. The molecule has 5 heteroatoms. The van der Waals surface area contributed by atoms with Gasteiger partial charge in [-0.2, -0.15) is 0 Å². The van der Waals surface area contributed by atoms with E-state index in [4.69, 9.17) is 4.74 Å². The molecule has 5 nitrogen and oxygen atoms in total. The number of hydrogen-bond donors (Lipinski definition) is 1. The summed E-state index contributed by atoms with van der Waals surface area (Å²) in [6.07, 6.45) is 9.12. The zero-order valence-electron chi connectivity index (χ0n) is 16.4. The highest BCUT2D eigenvalue weighted by Crippen LogP contribution is 2.27. The molecule has 148 valence electrons. The topological polar surface area (TPSA) is 58.6 Å². The van der Waals surface area contributed by atoms with E-state index in [0.29, 0.717) is 32.0 Å². The zero-order valence-corrected chi connectivity index (χ0v) is 16.4. The fourth-order valence-electron chi connectivity index (χ4n) is 4.27. The molecule has 2 amide bonds. The molecule has 2 aliphatic rings. The summed E-state index contributed by atoms with van der Waals surface area (Å²) in [5.74, 6) is 1.11. The lowest BCUT2D eigenvalue weighted by molar-refractivity contribution is -0.141. The lowest BCUT2D eigenvalue weighted by Gasteiger charge is -2.37. The van der Waals surface area contributed by atoms with Crippen molar-refractivity contribution in [3.63, 3.8) is 0 Å². The first-order valence-corrected chi connectivity index (χ1v) is 10.4. The van der Waals surface area contributed by atoms with E-state index in [2.05, 4.69) is 5.32 Å². The molecule has 0 bridgehead atoms. The van der Waals surface area contributed by atoms with E-state index in [0.717, 1.165) is 25.0 Å². The van der Waals surface area contributed by atoms with Crippen LogP contribution in [0.3, 0.4) is 0 Å². The Morgan fingerprint density at radius 3 is 2.48 bits per heavy atom. The van der Waals surface area contributed by atoms with Crippen LogP contribution in [0.25, 0.3) is 0 Å². The van der Waals surface area contributed by atoms with Crippen molar-refractivity contribution >= 4 is 11.8 Å². The number of ether oxygens (including phenoxy) is 1. The number of likely N-dealkylation sites (tertiary alicyclic amines) is 1. The molecule has 0 unspecified atom stereocenters. The Morgan fingerprint density at radius 2 is 1.81 bits per heavy atom. The fraction of sp³-hybridized carbons (Fsp3) is 0.636. The normalized spacial score (nSPS) is 21.6. The number of methoxy groups -OCH3 is 1. The molecular formula is C22H32N2O3. The van der Waals surface area contributed by atoms with Gasteiger partial charge in [0, 0.05) is 25.6 Å². The second-order valence-electron chi connectivity index (χ2n) is 7.82. The van der Waals surface area contributed by atoms with Gasteiger partial charge in [-0.05, 0) is 43.4 Å². The first-order valence-electron chi connectivity index (χ1n) is 10.4. The van der Waals surface area contributed by atoms with E-state index in [9.17, 15) is 9.59 Å². The van der Waals surface area contributed by atoms with Crippen LogP contribution >= 0.6 is 0 Å². The van der Waals surface area contributed by atoms with Crippen molar-refractivity contribution < 1.29 is 14.3 Å². The lowest BCUT2D eigenvalue weighted by Crippen LogP contribution is -2.50. The minimum absolute atomic E-state index is 0.0678. The Hall–Kier alpha value is -2.04. The number of nitrogens with zero attached hydrogens (tertiary/aromatic N) is 1. The van der Waals surface area contributed by atoms with Crippen LogP contribution in [0.15, 0.2) is 24.3 Å². The molecule has 3 rings (SSSR count). The quantitative estimate of drug-likeness (QED) is 0.780. The lowest BCUT2D eigenvalue weighted by atomic mass is 9.93. The molecule has 2 fully saturated rings. The van der Waals surface area contributed by atoms with Crippen LogP contribution in [0.2, 0.25) is 0 Å². The smallest absolute Gasteiger partial charge is 0.224 e. The van der Waals surface area contributed by atoms with Gasteiger partial charge in [-0.1, -0.05) is 37.8 Å². The highest BCUT2D eigenvalue weighted by atomic mass is 16.5. The summed E-state index contributed by atoms with van der Waals surface area (Å²) < 4.78 is 5.17. The minimum Gasteiger partial charge on any atom is -0.497 e. The van der Waals surface area contributed by atoms with E-state index in [-0.39, 0.29) is 17.7 Å². The summed E-state index contributed by atoms with van der Waals surface area (Å²) in [6, 6.07) is 8.27. The van der Waals surface area contributed by atoms with Crippen LogP contribution in [0, 0.1) is 5.92 Å². The number of carbonyl (C=O) groups is 2. The number of rotatable bonds is 6. The van der Waals surface area contributed by atoms with Crippen LogP contribution in [-0.2, 0) is 16.0 Å². The molecular weight excluding hydrogens is 340 g/mol. The van der Waals surface area contributed by atoms with Crippen molar-refractivity contribution in [2.75, 3.05) is 20.2 Å². The zero-order chi connectivity index (χ0) is 19.1. The van der Waals surface area contributed by atoms with E-state index in [1.54, 1.807) is 7.11 Å². The number of hydrogen-bond acceptors (Lipinski definition) is 3. The molecule has 1 saturated carbocycles. The first kappa shape index (κ1) is 19.7. The number of carbonyl (C=O) groups excluding carboxylic acids is 2. The Kier molecular flexibility index (Phi) is 7.13. The molecule has 1 N–H and O–H groups in total. The van der Waals surface area contributed by atoms with Crippen molar-refractivity contribution in [1.29, 1.82) is 0 Å². The van der Waals surface area contributed by atoms with Crippen molar-refractivity contribution in [3.05, 3.63) is 29.8 Å². The summed E-state index contributed by atoms with van der Waals surface area (Å²) in [5, 5.41) is 3.07. The van der Waals surface area contributed by atoms with Crippen molar-refractivity contribution in [3.8, 4) is 5.75 Å². The maximum Gasteiger partial charge on any atom is 0.224 e. The monoisotopic (exact) mass is 372 g/mol. The molecule has 1 aromatic carbocycles. The minimum atomic E-state index is -0.0678. The second kappa shape index (κ2) is 9.77. The van der Waals surface area contributed by atoms with Crippen molar-refractivity contribution in [1.82, 2.24) is 10.2 Å². The highest BCUT2D eigenvalue weighted by Gasteiger charge is 2.34. The maximum atomic E-state index is 12.6. The molecule has 27 heavy (non-hydrogen) atoms. The largest absolute Gasteiger partial charge is 0.497 e. The summed E-state index contributed by atoms with van der Waals surface area (Å²) in [6.45, 7) is 1.22. The van der Waals surface area contributed by atoms with Crippen LogP contribution in [0.4, 0.5) is 0 Å². The maximum absolute atomic E-state index is 12.6. The SMILES string of the molecule is COc1ccc(CCNC(=O)[C@@H]2CCC(=O)N(C3CCCCCC3)C2)cc1. The Morgan fingerprint density at radius 1 is 1.11 bits per heavy atom. The van der Waals surface area contributed by atoms with Crippen LogP contribution in [-0.4, -0.2) is 43.0 Å². The molecule has 0 radical (unpaired) electrons. The van der Waals surface area contributed by atoms with E-state index >= 15 is 0 Å². The van der Waals surface area contributed by atoms with E-state index < -0.39 is 0 Å². The highest BCUT2D eigenvalue weighted by molar-refractivity contribution is 5.84. The van der Waals surface area contributed by atoms with E-state index in [1.165, 1.54) is 31.2 Å². The summed E-state index contributed by atoms with van der Waals surface area (Å²) in [4.78, 5) is 27.0. The second-order valence-corrected chi connectivity index (χ2v) is 7.82. The predicted octanol–water partition coefficient (Wildman–Crippen LogP) is 3.32. The van der Waals surface area contributed by atoms with Crippen LogP contribution < -0.4 is 10.1 Å². The molecule has 0 spiro atoms. The molecule has 1 saturated heterocycles. The van der Waals surface area contributed by atoms with Crippen LogP contribution in [0.1, 0.15) is 56.9 Å². The Labute approximate surface area is 162 Å². The standard InChI is InChI=1S/C22H32N2O3/c1-27-20-11-8-17(9-12-20)14-15-23-22(26)18-10-13-21(25)24(16-18)19-6-4-2-3-5-7-19/h8-9,11-12,18-19H,2-7,10,13-16H2,1H3,(H,23,26)/t18-/m1/s1. The van der Waals surface area contributed by atoms with Gasteiger partial charge in [0.15, 0.2) is 0 Å². The van der Waals surface area contributed by atoms with Crippen molar-refractivity contribution in [2.24, 2.45) is 5.92 Å². The van der Waals surface area contributed by atoms with Gasteiger partial charge < -0.3 is 15.0 Å². The third-order valence-electron chi connectivity index (χ3n) is 5.95. The van der Waals surface area contributed by atoms with Crippen molar-refractivity contribution in [2.45, 2.75) is 63.8 Å².